The normalized spacial score (nSPS) is 12.0. The number of aryl methyl sites for hydroxylation is 1. The van der Waals surface area contributed by atoms with Crippen molar-refractivity contribution in [2.45, 2.75) is 64.2 Å². The highest BCUT2D eigenvalue weighted by Gasteiger charge is 2.20. The molecule has 2 aromatic carbocycles. The van der Waals surface area contributed by atoms with Crippen molar-refractivity contribution in [2.75, 3.05) is 0 Å². The molecule has 1 atom stereocenters. The van der Waals surface area contributed by atoms with E-state index in [1.54, 1.807) is 0 Å². The highest BCUT2D eigenvalue weighted by atomic mass is 32.2. The molecular formula is C25H32N4O2S. The molecular weight excluding hydrogens is 420 g/mol. The van der Waals surface area contributed by atoms with Crippen LogP contribution in [0, 0.1) is 12.8 Å². The van der Waals surface area contributed by atoms with E-state index in [1.807, 2.05) is 49.4 Å². The Kier molecular flexibility index (Phi) is 8.73. The Hall–Kier alpha value is -2.80. The van der Waals surface area contributed by atoms with Crippen LogP contribution in [0.1, 0.15) is 44.1 Å². The number of carbonyl (C=O) groups excluding carboxylic acids is 1. The van der Waals surface area contributed by atoms with Crippen molar-refractivity contribution in [1.82, 2.24) is 20.1 Å². The number of aromatic nitrogens is 3. The van der Waals surface area contributed by atoms with Crippen molar-refractivity contribution >= 4 is 17.7 Å². The maximum absolute atomic E-state index is 12.7. The standard InChI is InChI=1S/C25H32N4O2S/c1-18(2)14-15-29-23(17-31-22-8-6-5-7-9-22)27-28-25(29)32-20(4)24(30)26-16-21-12-10-19(3)11-13-21/h5-13,18,20H,14-17H2,1-4H3,(H,26,30). The number of benzene rings is 2. The Bertz CT molecular complexity index is 987. The number of amides is 1. The van der Waals surface area contributed by atoms with E-state index in [-0.39, 0.29) is 11.2 Å². The highest BCUT2D eigenvalue weighted by molar-refractivity contribution is 8.00. The summed E-state index contributed by atoms with van der Waals surface area (Å²) < 4.78 is 7.97. The van der Waals surface area contributed by atoms with Crippen LogP contribution < -0.4 is 10.1 Å². The molecule has 6 nitrogen and oxygen atoms in total. The van der Waals surface area contributed by atoms with Gasteiger partial charge in [-0.05, 0) is 43.9 Å². The van der Waals surface area contributed by atoms with Crippen LogP contribution in [0.5, 0.6) is 5.75 Å². The van der Waals surface area contributed by atoms with E-state index in [2.05, 4.69) is 53.0 Å². The van der Waals surface area contributed by atoms with Crippen LogP contribution in [0.4, 0.5) is 0 Å². The monoisotopic (exact) mass is 452 g/mol. The fraction of sp³-hybridized carbons (Fsp3) is 0.400. The third-order valence-corrected chi connectivity index (χ3v) is 6.15. The van der Waals surface area contributed by atoms with Gasteiger partial charge in [-0.2, -0.15) is 0 Å². The number of carbonyl (C=O) groups is 1. The van der Waals surface area contributed by atoms with Gasteiger partial charge in [0, 0.05) is 13.1 Å². The molecule has 0 fully saturated rings. The zero-order valence-corrected chi connectivity index (χ0v) is 20.1. The summed E-state index contributed by atoms with van der Waals surface area (Å²) in [5.41, 5.74) is 2.29. The zero-order chi connectivity index (χ0) is 22.9. The molecule has 7 heteroatoms. The third-order valence-electron chi connectivity index (χ3n) is 5.07. The number of thioether (sulfide) groups is 1. The summed E-state index contributed by atoms with van der Waals surface area (Å²) in [6.45, 7) is 9.98. The number of rotatable bonds is 11. The molecule has 0 aliphatic carbocycles. The Balaban J connectivity index is 1.63. The second-order valence-electron chi connectivity index (χ2n) is 8.30. The maximum atomic E-state index is 12.7. The number of ether oxygens (including phenoxy) is 1. The quantitative estimate of drug-likeness (QED) is 0.414. The molecule has 1 heterocycles. The van der Waals surface area contributed by atoms with Crippen molar-refractivity contribution in [3.05, 3.63) is 71.5 Å². The van der Waals surface area contributed by atoms with Gasteiger partial charge in [0.2, 0.25) is 5.91 Å². The molecule has 0 aliphatic heterocycles. The van der Waals surface area contributed by atoms with Gasteiger partial charge < -0.3 is 14.6 Å². The highest BCUT2D eigenvalue weighted by Crippen LogP contribution is 2.24. The fourth-order valence-corrected chi connectivity index (χ4v) is 3.96. The lowest BCUT2D eigenvalue weighted by Gasteiger charge is -2.15. The topological polar surface area (TPSA) is 69.0 Å². The predicted octanol–water partition coefficient (Wildman–Crippen LogP) is 5.01. The summed E-state index contributed by atoms with van der Waals surface area (Å²) in [6.07, 6.45) is 0.998. The van der Waals surface area contributed by atoms with Crippen LogP contribution in [0.25, 0.3) is 0 Å². The van der Waals surface area contributed by atoms with E-state index in [9.17, 15) is 4.79 Å². The number of para-hydroxylation sites is 1. The van der Waals surface area contributed by atoms with E-state index in [0.29, 0.717) is 19.1 Å². The van der Waals surface area contributed by atoms with E-state index in [4.69, 9.17) is 4.74 Å². The van der Waals surface area contributed by atoms with Crippen molar-refractivity contribution in [3.8, 4) is 5.75 Å². The minimum absolute atomic E-state index is 0.0175. The lowest BCUT2D eigenvalue weighted by molar-refractivity contribution is -0.120. The van der Waals surface area contributed by atoms with E-state index >= 15 is 0 Å². The van der Waals surface area contributed by atoms with Gasteiger partial charge in [0.05, 0.1) is 5.25 Å². The van der Waals surface area contributed by atoms with Gasteiger partial charge in [-0.25, -0.2) is 0 Å². The average Bonchev–Trinajstić information content (AvgIpc) is 3.17. The summed E-state index contributed by atoms with van der Waals surface area (Å²) >= 11 is 1.43. The Labute approximate surface area is 194 Å². The molecule has 1 N–H and O–H groups in total. The first kappa shape index (κ1) is 23.9. The molecule has 170 valence electrons. The second kappa shape index (κ2) is 11.7. The molecule has 0 bridgehead atoms. The molecule has 0 spiro atoms. The van der Waals surface area contributed by atoms with Gasteiger partial charge in [-0.1, -0.05) is 73.6 Å². The van der Waals surface area contributed by atoms with Crippen LogP contribution >= 0.6 is 11.8 Å². The summed E-state index contributed by atoms with van der Waals surface area (Å²) in [6, 6.07) is 17.9. The molecule has 0 radical (unpaired) electrons. The van der Waals surface area contributed by atoms with Crippen molar-refractivity contribution in [3.63, 3.8) is 0 Å². The first-order valence-electron chi connectivity index (χ1n) is 11.0. The van der Waals surface area contributed by atoms with Crippen molar-refractivity contribution in [2.24, 2.45) is 5.92 Å². The van der Waals surface area contributed by atoms with Gasteiger partial charge >= 0.3 is 0 Å². The molecule has 1 unspecified atom stereocenters. The average molecular weight is 453 g/mol. The predicted molar refractivity (Wildman–Crippen MR) is 129 cm³/mol. The lowest BCUT2D eigenvalue weighted by atomic mass is 10.1. The number of hydrogen-bond donors (Lipinski definition) is 1. The third kappa shape index (κ3) is 7.12. The second-order valence-corrected chi connectivity index (χ2v) is 9.61. The first-order valence-corrected chi connectivity index (χ1v) is 11.9. The number of hydrogen-bond acceptors (Lipinski definition) is 5. The Morgan fingerprint density at radius 2 is 1.78 bits per heavy atom. The van der Waals surface area contributed by atoms with Crippen molar-refractivity contribution < 1.29 is 9.53 Å². The molecule has 0 saturated heterocycles. The molecule has 3 aromatic rings. The number of nitrogens with zero attached hydrogens (tertiary/aromatic N) is 3. The minimum atomic E-state index is -0.287. The summed E-state index contributed by atoms with van der Waals surface area (Å²) in [5.74, 6) is 2.10. The SMILES string of the molecule is Cc1ccc(CNC(=O)C(C)Sc2nnc(COc3ccccc3)n2CCC(C)C)cc1. The molecule has 3 rings (SSSR count). The summed E-state index contributed by atoms with van der Waals surface area (Å²) in [5, 5.41) is 12.2. The molecule has 0 saturated carbocycles. The lowest BCUT2D eigenvalue weighted by Crippen LogP contribution is -2.30. The summed E-state index contributed by atoms with van der Waals surface area (Å²) in [7, 11) is 0. The molecule has 32 heavy (non-hydrogen) atoms. The Morgan fingerprint density at radius 3 is 2.47 bits per heavy atom. The van der Waals surface area contributed by atoms with E-state index in [1.165, 1.54) is 17.3 Å². The maximum Gasteiger partial charge on any atom is 0.233 e. The van der Waals surface area contributed by atoms with Gasteiger partial charge in [-0.3, -0.25) is 4.79 Å². The van der Waals surface area contributed by atoms with Gasteiger partial charge in [0.15, 0.2) is 11.0 Å². The molecule has 1 aromatic heterocycles. The van der Waals surface area contributed by atoms with E-state index in [0.717, 1.165) is 35.3 Å². The number of nitrogens with one attached hydrogen (secondary N) is 1. The van der Waals surface area contributed by atoms with Crippen LogP contribution in [-0.4, -0.2) is 25.9 Å². The van der Waals surface area contributed by atoms with Crippen LogP contribution in [0.3, 0.4) is 0 Å². The zero-order valence-electron chi connectivity index (χ0n) is 19.2. The van der Waals surface area contributed by atoms with Crippen LogP contribution in [-0.2, 0) is 24.5 Å². The Morgan fingerprint density at radius 1 is 1.06 bits per heavy atom. The largest absolute Gasteiger partial charge is 0.486 e. The van der Waals surface area contributed by atoms with Gasteiger partial charge in [0.25, 0.3) is 0 Å². The van der Waals surface area contributed by atoms with Gasteiger partial charge in [-0.15, -0.1) is 10.2 Å². The van der Waals surface area contributed by atoms with Crippen LogP contribution in [0.2, 0.25) is 0 Å². The van der Waals surface area contributed by atoms with E-state index < -0.39 is 0 Å². The fourth-order valence-electron chi connectivity index (χ4n) is 3.04. The van der Waals surface area contributed by atoms with Crippen molar-refractivity contribution in [1.29, 1.82) is 0 Å². The molecule has 1 amide bonds. The first-order chi connectivity index (χ1) is 15.4. The molecule has 0 aliphatic rings. The van der Waals surface area contributed by atoms with Crippen LogP contribution in [0.15, 0.2) is 59.8 Å². The van der Waals surface area contributed by atoms with Gasteiger partial charge in [0.1, 0.15) is 12.4 Å². The smallest absolute Gasteiger partial charge is 0.233 e. The minimum Gasteiger partial charge on any atom is -0.486 e. The summed E-state index contributed by atoms with van der Waals surface area (Å²) in [4.78, 5) is 12.7.